The first-order valence-electron chi connectivity index (χ1n) is 8.56. The molecule has 1 aliphatic rings. The molecule has 3 heterocycles. The number of pyridine rings is 1. The van der Waals surface area contributed by atoms with Crippen molar-refractivity contribution in [3.05, 3.63) is 46.2 Å². The second-order valence-corrected chi connectivity index (χ2v) is 7.57. The van der Waals surface area contributed by atoms with Crippen molar-refractivity contribution in [2.24, 2.45) is 0 Å². The highest BCUT2D eigenvalue weighted by molar-refractivity contribution is 7.09. The molecule has 2 aromatic rings. The summed E-state index contributed by atoms with van der Waals surface area (Å²) in [4.78, 5) is 13.5. The van der Waals surface area contributed by atoms with Crippen molar-refractivity contribution in [3.63, 3.8) is 0 Å². The van der Waals surface area contributed by atoms with Crippen LogP contribution in [0.15, 0.2) is 29.9 Å². The standard InChI is InChI=1S/C18H26N4OS/c1-3-22-9-6-18(23,7-10-22)16-14-24-17(20-16)13-21(2)12-15-5-4-8-19-11-15/h4-5,8,11,14,23H,3,6-7,9-10,12-13H2,1-2H3. The van der Waals surface area contributed by atoms with Gasteiger partial charge in [0.25, 0.3) is 0 Å². The van der Waals surface area contributed by atoms with E-state index in [2.05, 4.69) is 34.8 Å². The van der Waals surface area contributed by atoms with Gasteiger partial charge in [-0.1, -0.05) is 13.0 Å². The lowest BCUT2D eigenvalue weighted by atomic mass is 9.89. The SMILES string of the molecule is CCN1CCC(O)(c2csc(CN(C)Cc3cccnc3)n2)CC1. The van der Waals surface area contributed by atoms with Gasteiger partial charge >= 0.3 is 0 Å². The van der Waals surface area contributed by atoms with E-state index in [-0.39, 0.29) is 0 Å². The lowest BCUT2D eigenvalue weighted by molar-refractivity contribution is -0.0278. The number of hydrogen-bond donors (Lipinski definition) is 1. The highest BCUT2D eigenvalue weighted by atomic mass is 32.1. The van der Waals surface area contributed by atoms with E-state index in [1.54, 1.807) is 17.5 Å². The summed E-state index contributed by atoms with van der Waals surface area (Å²) in [5, 5.41) is 14.0. The predicted octanol–water partition coefficient (Wildman–Crippen LogP) is 2.47. The normalized spacial score (nSPS) is 18.2. The smallest absolute Gasteiger partial charge is 0.110 e. The van der Waals surface area contributed by atoms with Crippen molar-refractivity contribution >= 4 is 11.3 Å². The maximum Gasteiger partial charge on any atom is 0.110 e. The first kappa shape index (κ1) is 17.5. The quantitative estimate of drug-likeness (QED) is 0.871. The van der Waals surface area contributed by atoms with Crippen LogP contribution in [0.5, 0.6) is 0 Å². The number of nitrogens with zero attached hydrogens (tertiary/aromatic N) is 4. The Bertz CT molecular complexity index is 637. The molecule has 130 valence electrons. The first-order chi connectivity index (χ1) is 11.6. The third kappa shape index (κ3) is 4.19. The average Bonchev–Trinajstić information content (AvgIpc) is 3.05. The summed E-state index contributed by atoms with van der Waals surface area (Å²) in [5.41, 5.74) is 1.30. The minimum atomic E-state index is -0.748. The molecule has 0 saturated carbocycles. The van der Waals surface area contributed by atoms with Gasteiger partial charge in [0.2, 0.25) is 0 Å². The number of aromatic nitrogens is 2. The number of likely N-dealkylation sites (tertiary alicyclic amines) is 1. The van der Waals surface area contributed by atoms with Crippen LogP contribution in [-0.2, 0) is 18.7 Å². The molecule has 0 unspecified atom stereocenters. The fourth-order valence-corrected chi connectivity index (χ4v) is 4.15. The van der Waals surface area contributed by atoms with Gasteiger partial charge in [0.15, 0.2) is 0 Å². The van der Waals surface area contributed by atoms with Gasteiger partial charge in [-0.15, -0.1) is 11.3 Å². The van der Waals surface area contributed by atoms with Gasteiger partial charge in [-0.3, -0.25) is 9.88 Å². The molecule has 6 heteroatoms. The van der Waals surface area contributed by atoms with Crippen LogP contribution in [0.2, 0.25) is 0 Å². The number of thiazole rings is 1. The van der Waals surface area contributed by atoms with Crippen molar-refractivity contribution in [1.29, 1.82) is 0 Å². The van der Waals surface area contributed by atoms with Gasteiger partial charge in [-0.2, -0.15) is 0 Å². The Labute approximate surface area is 148 Å². The minimum Gasteiger partial charge on any atom is -0.383 e. The van der Waals surface area contributed by atoms with Gasteiger partial charge in [-0.25, -0.2) is 4.98 Å². The molecule has 1 N–H and O–H groups in total. The van der Waals surface area contributed by atoms with Crippen LogP contribution >= 0.6 is 11.3 Å². The molecule has 24 heavy (non-hydrogen) atoms. The topological polar surface area (TPSA) is 52.5 Å². The zero-order valence-electron chi connectivity index (χ0n) is 14.5. The Kier molecular flexibility index (Phi) is 5.61. The fourth-order valence-electron chi connectivity index (χ4n) is 3.18. The summed E-state index contributed by atoms with van der Waals surface area (Å²) in [7, 11) is 2.09. The molecule has 0 bridgehead atoms. The van der Waals surface area contributed by atoms with Crippen molar-refractivity contribution < 1.29 is 5.11 Å². The zero-order valence-corrected chi connectivity index (χ0v) is 15.3. The number of piperidine rings is 1. The van der Waals surface area contributed by atoms with Crippen molar-refractivity contribution in [2.45, 2.75) is 38.5 Å². The molecule has 0 aliphatic carbocycles. The summed E-state index contributed by atoms with van der Waals surface area (Å²) in [5.74, 6) is 0. The van der Waals surface area contributed by atoms with Crippen molar-refractivity contribution in [2.75, 3.05) is 26.7 Å². The summed E-state index contributed by atoms with van der Waals surface area (Å²) < 4.78 is 0. The van der Waals surface area contributed by atoms with Crippen molar-refractivity contribution in [1.82, 2.24) is 19.8 Å². The molecule has 0 amide bonds. The Morgan fingerprint density at radius 3 is 2.79 bits per heavy atom. The fraction of sp³-hybridized carbons (Fsp3) is 0.556. The lowest BCUT2D eigenvalue weighted by Gasteiger charge is -2.36. The second kappa shape index (κ2) is 7.70. The zero-order chi connectivity index (χ0) is 17.0. The molecule has 0 spiro atoms. The molecule has 0 atom stereocenters. The summed E-state index contributed by atoms with van der Waals surface area (Å²) in [6.07, 6.45) is 5.24. The molecular weight excluding hydrogens is 320 g/mol. The summed E-state index contributed by atoms with van der Waals surface area (Å²) >= 11 is 1.65. The van der Waals surface area contributed by atoms with Crippen LogP contribution in [0, 0.1) is 0 Å². The van der Waals surface area contributed by atoms with Gasteiger partial charge < -0.3 is 10.0 Å². The van der Waals surface area contributed by atoms with Crippen LogP contribution in [0.25, 0.3) is 0 Å². The predicted molar refractivity (Wildman–Crippen MR) is 96.8 cm³/mol. The highest BCUT2D eigenvalue weighted by Crippen LogP contribution is 2.33. The lowest BCUT2D eigenvalue weighted by Crippen LogP contribution is -2.42. The monoisotopic (exact) mass is 346 g/mol. The van der Waals surface area contributed by atoms with Gasteiger partial charge in [0.1, 0.15) is 10.6 Å². The van der Waals surface area contributed by atoms with E-state index in [1.807, 2.05) is 17.6 Å². The van der Waals surface area contributed by atoms with E-state index < -0.39 is 5.60 Å². The minimum absolute atomic E-state index is 0.748. The maximum atomic E-state index is 10.9. The molecule has 1 fully saturated rings. The molecular formula is C18H26N4OS. The van der Waals surface area contributed by atoms with Crippen LogP contribution in [0.3, 0.4) is 0 Å². The highest BCUT2D eigenvalue weighted by Gasteiger charge is 2.35. The molecule has 0 radical (unpaired) electrons. The Balaban J connectivity index is 1.59. The molecule has 1 saturated heterocycles. The third-order valence-corrected chi connectivity index (χ3v) is 5.57. The van der Waals surface area contributed by atoms with Crippen LogP contribution < -0.4 is 0 Å². The van der Waals surface area contributed by atoms with Gasteiger partial charge in [0.05, 0.1) is 12.2 Å². The number of rotatable bonds is 6. The van der Waals surface area contributed by atoms with Crippen LogP contribution in [-0.4, -0.2) is 51.6 Å². The molecule has 0 aromatic carbocycles. The largest absolute Gasteiger partial charge is 0.383 e. The van der Waals surface area contributed by atoms with E-state index in [9.17, 15) is 5.11 Å². The van der Waals surface area contributed by atoms with Crippen molar-refractivity contribution in [3.8, 4) is 0 Å². The van der Waals surface area contributed by atoms with Gasteiger partial charge in [0, 0.05) is 37.4 Å². The first-order valence-corrected chi connectivity index (χ1v) is 9.44. The molecule has 1 aliphatic heterocycles. The molecule has 2 aromatic heterocycles. The molecule has 3 rings (SSSR count). The summed E-state index contributed by atoms with van der Waals surface area (Å²) in [6, 6.07) is 4.05. The van der Waals surface area contributed by atoms with E-state index in [1.165, 1.54) is 5.56 Å². The second-order valence-electron chi connectivity index (χ2n) is 6.63. The number of aliphatic hydroxyl groups is 1. The van der Waals surface area contributed by atoms with E-state index in [0.717, 1.165) is 56.3 Å². The van der Waals surface area contributed by atoms with E-state index in [0.29, 0.717) is 0 Å². The van der Waals surface area contributed by atoms with E-state index in [4.69, 9.17) is 4.98 Å². The maximum absolute atomic E-state index is 10.9. The average molecular weight is 347 g/mol. The third-order valence-electron chi connectivity index (χ3n) is 4.74. The Morgan fingerprint density at radius 1 is 1.33 bits per heavy atom. The number of hydrogen-bond acceptors (Lipinski definition) is 6. The van der Waals surface area contributed by atoms with Crippen LogP contribution in [0.4, 0.5) is 0 Å². The van der Waals surface area contributed by atoms with Crippen LogP contribution in [0.1, 0.15) is 36.0 Å². The Hall–Kier alpha value is -1.34. The molecule has 5 nitrogen and oxygen atoms in total. The van der Waals surface area contributed by atoms with E-state index >= 15 is 0 Å². The van der Waals surface area contributed by atoms with Gasteiger partial charge in [-0.05, 0) is 38.1 Å². The Morgan fingerprint density at radius 2 is 2.12 bits per heavy atom. The summed E-state index contributed by atoms with van der Waals surface area (Å²) in [6.45, 7) is 6.75.